The molecule has 0 bridgehead atoms. The van der Waals surface area contributed by atoms with E-state index in [1.807, 2.05) is 0 Å². The average molecular weight is 279 g/mol. The molecule has 0 aliphatic carbocycles. The van der Waals surface area contributed by atoms with Crippen LogP contribution in [0.25, 0.3) is 11.0 Å². The van der Waals surface area contributed by atoms with Gasteiger partial charge in [-0.25, -0.2) is 4.39 Å². The molecule has 2 rings (SSSR count). The zero-order chi connectivity index (χ0) is 14.7. The van der Waals surface area contributed by atoms with Gasteiger partial charge in [-0.1, -0.05) is 0 Å². The third kappa shape index (κ3) is 2.96. The van der Waals surface area contributed by atoms with Crippen LogP contribution in [-0.4, -0.2) is 23.5 Å². The van der Waals surface area contributed by atoms with E-state index < -0.39 is 17.7 Å². The maximum absolute atomic E-state index is 13.2. The summed E-state index contributed by atoms with van der Waals surface area (Å²) in [6, 6.07) is 4.05. The van der Waals surface area contributed by atoms with E-state index in [-0.39, 0.29) is 18.7 Å². The summed E-state index contributed by atoms with van der Waals surface area (Å²) in [6.45, 7) is 1.92. The number of aryl methyl sites for hydroxylation is 1. The lowest BCUT2D eigenvalue weighted by Gasteiger charge is -2.02. The van der Waals surface area contributed by atoms with Crippen molar-refractivity contribution in [3.05, 3.63) is 35.3 Å². The Morgan fingerprint density at radius 2 is 2.15 bits per heavy atom. The Labute approximate surface area is 114 Å². The molecule has 1 aromatic carbocycles. The van der Waals surface area contributed by atoms with Crippen molar-refractivity contribution in [1.82, 2.24) is 5.32 Å². The molecule has 0 aliphatic heterocycles. The van der Waals surface area contributed by atoms with Gasteiger partial charge in [0, 0.05) is 23.9 Å². The number of furan rings is 1. The number of fused-ring (bicyclic) bond motifs is 1. The Hall–Kier alpha value is -2.37. The molecular formula is C14H14FNO4. The molecule has 20 heavy (non-hydrogen) atoms. The molecule has 0 atom stereocenters. The van der Waals surface area contributed by atoms with Crippen LogP contribution in [-0.2, 0) is 4.79 Å². The molecule has 0 radical (unpaired) electrons. The van der Waals surface area contributed by atoms with Crippen molar-refractivity contribution in [2.45, 2.75) is 19.8 Å². The largest absolute Gasteiger partial charge is 0.481 e. The van der Waals surface area contributed by atoms with Crippen LogP contribution in [0.15, 0.2) is 22.6 Å². The second-order valence-electron chi connectivity index (χ2n) is 4.45. The van der Waals surface area contributed by atoms with Crippen LogP contribution in [0.1, 0.15) is 29.0 Å². The number of carboxylic acids is 1. The highest BCUT2D eigenvalue weighted by Gasteiger charge is 2.17. The zero-order valence-corrected chi connectivity index (χ0v) is 10.9. The summed E-state index contributed by atoms with van der Waals surface area (Å²) in [6.07, 6.45) is 0.333. The van der Waals surface area contributed by atoms with Crippen molar-refractivity contribution in [3.63, 3.8) is 0 Å². The molecule has 0 unspecified atom stereocenters. The molecule has 1 aromatic heterocycles. The van der Waals surface area contributed by atoms with Gasteiger partial charge in [0.25, 0.3) is 5.91 Å². The summed E-state index contributed by atoms with van der Waals surface area (Å²) in [5, 5.41) is 11.6. The summed E-state index contributed by atoms with van der Waals surface area (Å²) >= 11 is 0. The number of hydrogen-bond acceptors (Lipinski definition) is 3. The first kappa shape index (κ1) is 14.0. The lowest BCUT2D eigenvalue weighted by Crippen LogP contribution is -2.25. The van der Waals surface area contributed by atoms with Gasteiger partial charge >= 0.3 is 5.97 Å². The number of hydrogen-bond donors (Lipinski definition) is 2. The third-order valence-corrected chi connectivity index (χ3v) is 2.96. The van der Waals surface area contributed by atoms with Crippen LogP contribution in [0.3, 0.4) is 0 Å². The number of amides is 1. The molecule has 0 aliphatic rings. The standard InChI is InChI=1S/C14H14FNO4/c1-8-10-7-9(15)4-5-11(10)20-13(8)14(19)16-6-2-3-12(17)18/h4-5,7H,2-3,6H2,1H3,(H,16,19)(H,17,18). The highest BCUT2D eigenvalue weighted by Crippen LogP contribution is 2.25. The highest BCUT2D eigenvalue weighted by atomic mass is 19.1. The van der Waals surface area contributed by atoms with Crippen molar-refractivity contribution < 1.29 is 23.5 Å². The molecule has 2 N–H and O–H groups in total. The first-order valence-corrected chi connectivity index (χ1v) is 6.17. The van der Waals surface area contributed by atoms with E-state index in [0.29, 0.717) is 23.0 Å². The quantitative estimate of drug-likeness (QED) is 0.824. The minimum absolute atomic E-state index is 0.00932. The number of carbonyl (C=O) groups excluding carboxylic acids is 1. The average Bonchev–Trinajstić information content (AvgIpc) is 2.72. The van der Waals surface area contributed by atoms with E-state index >= 15 is 0 Å². The topological polar surface area (TPSA) is 79.5 Å². The normalized spacial score (nSPS) is 10.7. The van der Waals surface area contributed by atoms with Crippen molar-refractivity contribution in [1.29, 1.82) is 0 Å². The molecule has 0 saturated carbocycles. The molecule has 1 heterocycles. The number of nitrogens with one attached hydrogen (secondary N) is 1. The molecule has 106 valence electrons. The maximum Gasteiger partial charge on any atom is 0.303 e. The van der Waals surface area contributed by atoms with Gasteiger partial charge in [0.15, 0.2) is 5.76 Å². The Morgan fingerprint density at radius 3 is 2.85 bits per heavy atom. The van der Waals surface area contributed by atoms with Gasteiger partial charge in [0.05, 0.1) is 0 Å². The van der Waals surface area contributed by atoms with Crippen LogP contribution >= 0.6 is 0 Å². The van der Waals surface area contributed by atoms with Gasteiger partial charge in [-0.15, -0.1) is 0 Å². The zero-order valence-electron chi connectivity index (χ0n) is 10.9. The molecule has 1 amide bonds. The first-order chi connectivity index (χ1) is 9.49. The number of carboxylic acid groups (broad SMARTS) is 1. The Kier molecular flexibility index (Phi) is 4.02. The fourth-order valence-electron chi connectivity index (χ4n) is 1.93. The fourth-order valence-corrected chi connectivity index (χ4v) is 1.93. The minimum Gasteiger partial charge on any atom is -0.481 e. The number of rotatable bonds is 5. The molecular weight excluding hydrogens is 265 g/mol. The smallest absolute Gasteiger partial charge is 0.303 e. The number of carbonyl (C=O) groups is 2. The van der Waals surface area contributed by atoms with Crippen LogP contribution in [0.4, 0.5) is 4.39 Å². The van der Waals surface area contributed by atoms with E-state index in [4.69, 9.17) is 9.52 Å². The second kappa shape index (κ2) is 5.73. The monoisotopic (exact) mass is 279 g/mol. The minimum atomic E-state index is -0.908. The number of halogens is 1. The molecule has 0 saturated heterocycles. The van der Waals surface area contributed by atoms with Crippen LogP contribution in [0.2, 0.25) is 0 Å². The summed E-state index contributed by atoms with van der Waals surface area (Å²) in [4.78, 5) is 22.3. The van der Waals surface area contributed by atoms with E-state index in [1.54, 1.807) is 6.92 Å². The van der Waals surface area contributed by atoms with Crippen LogP contribution in [0.5, 0.6) is 0 Å². The first-order valence-electron chi connectivity index (χ1n) is 6.17. The maximum atomic E-state index is 13.2. The fraction of sp³-hybridized carbons (Fsp3) is 0.286. The summed E-state index contributed by atoms with van der Waals surface area (Å²) in [5.41, 5.74) is 1.01. The van der Waals surface area contributed by atoms with Gasteiger partial charge in [0.2, 0.25) is 0 Å². The molecule has 6 heteroatoms. The van der Waals surface area contributed by atoms with Crippen molar-refractivity contribution in [3.8, 4) is 0 Å². The second-order valence-corrected chi connectivity index (χ2v) is 4.45. The van der Waals surface area contributed by atoms with E-state index in [2.05, 4.69) is 5.32 Å². The van der Waals surface area contributed by atoms with Gasteiger partial charge in [-0.3, -0.25) is 9.59 Å². The van der Waals surface area contributed by atoms with Crippen molar-refractivity contribution in [2.24, 2.45) is 0 Å². The SMILES string of the molecule is Cc1c(C(=O)NCCCC(=O)O)oc2ccc(F)cc12. The van der Waals surface area contributed by atoms with Gasteiger partial charge in [-0.2, -0.15) is 0 Å². The molecule has 0 fully saturated rings. The third-order valence-electron chi connectivity index (χ3n) is 2.96. The van der Waals surface area contributed by atoms with Crippen molar-refractivity contribution in [2.75, 3.05) is 6.54 Å². The lowest BCUT2D eigenvalue weighted by molar-refractivity contribution is -0.137. The summed E-state index contributed by atoms with van der Waals surface area (Å²) in [5.74, 6) is -1.60. The van der Waals surface area contributed by atoms with Gasteiger partial charge < -0.3 is 14.8 Å². The predicted octanol–water partition coefficient (Wildman–Crippen LogP) is 2.47. The molecule has 0 spiro atoms. The summed E-state index contributed by atoms with van der Waals surface area (Å²) < 4.78 is 18.6. The van der Waals surface area contributed by atoms with E-state index in [0.717, 1.165) is 0 Å². The van der Waals surface area contributed by atoms with Gasteiger partial charge in [-0.05, 0) is 31.5 Å². The Balaban J connectivity index is 2.10. The predicted molar refractivity (Wildman–Crippen MR) is 70.1 cm³/mol. The van der Waals surface area contributed by atoms with Crippen LogP contribution < -0.4 is 5.32 Å². The number of benzene rings is 1. The molecule has 2 aromatic rings. The van der Waals surface area contributed by atoms with Gasteiger partial charge in [0.1, 0.15) is 11.4 Å². The van der Waals surface area contributed by atoms with Crippen LogP contribution in [0, 0.1) is 12.7 Å². The Bertz CT molecular complexity index is 662. The Morgan fingerprint density at radius 1 is 1.40 bits per heavy atom. The van der Waals surface area contributed by atoms with E-state index in [9.17, 15) is 14.0 Å². The summed E-state index contributed by atoms with van der Waals surface area (Å²) in [7, 11) is 0. The lowest BCUT2D eigenvalue weighted by atomic mass is 10.1. The highest BCUT2D eigenvalue weighted by molar-refractivity contribution is 5.98. The van der Waals surface area contributed by atoms with Crippen molar-refractivity contribution >= 4 is 22.8 Å². The van der Waals surface area contributed by atoms with E-state index in [1.165, 1.54) is 18.2 Å². The molecule has 5 nitrogen and oxygen atoms in total. The number of aliphatic carboxylic acids is 1.